The first-order chi connectivity index (χ1) is 28.7. The van der Waals surface area contributed by atoms with E-state index in [-0.39, 0.29) is 6.04 Å². The van der Waals surface area contributed by atoms with Crippen LogP contribution >= 0.6 is 11.8 Å². The molecule has 1 aromatic heterocycles. The fourth-order valence-electron chi connectivity index (χ4n) is 8.77. The molecule has 0 amide bonds. The van der Waals surface area contributed by atoms with E-state index in [1.165, 1.54) is 59.2 Å². The third kappa shape index (κ3) is 5.48. The van der Waals surface area contributed by atoms with Gasteiger partial charge in [-0.2, -0.15) is 0 Å². The number of nitrogens with one attached hydrogen (secondary N) is 1. The summed E-state index contributed by atoms with van der Waals surface area (Å²) >= 11 is 1.82. The second-order valence-electron chi connectivity index (χ2n) is 15.2. The largest absolute Gasteiger partial charge is 0.456 e. The number of nitrogens with zero attached hydrogens (tertiary/aromatic N) is 1. The number of furan rings is 1. The minimum absolute atomic E-state index is 0.0297. The average molecular weight is 759 g/mol. The van der Waals surface area contributed by atoms with E-state index in [2.05, 4.69) is 193 Å². The Morgan fingerprint density at radius 1 is 0.448 bits per heavy atom. The molecule has 0 spiro atoms. The summed E-state index contributed by atoms with van der Waals surface area (Å²) in [6.07, 6.45) is 0. The van der Waals surface area contributed by atoms with Gasteiger partial charge in [0.2, 0.25) is 0 Å². The Labute approximate surface area is 340 Å². The van der Waals surface area contributed by atoms with E-state index in [4.69, 9.17) is 9.41 Å². The van der Waals surface area contributed by atoms with Crippen molar-refractivity contribution in [2.45, 2.75) is 10.9 Å². The van der Waals surface area contributed by atoms with E-state index in [1.807, 2.05) is 17.8 Å². The van der Waals surface area contributed by atoms with Crippen molar-refractivity contribution in [3.8, 4) is 33.4 Å². The fourth-order valence-corrected chi connectivity index (χ4v) is 10.0. The van der Waals surface area contributed by atoms with Crippen molar-refractivity contribution in [3.63, 3.8) is 0 Å². The van der Waals surface area contributed by atoms with Crippen molar-refractivity contribution in [2.75, 3.05) is 0 Å². The molecule has 9 aromatic carbocycles. The number of aliphatic imine (C=N–C) groups is 1. The Kier molecular flexibility index (Phi) is 7.54. The Hall–Kier alpha value is -7.14. The van der Waals surface area contributed by atoms with Gasteiger partial charge in [0.25, 0.3) is 0 Å². The fraction of sp³-hybridized carbons (Fsp3) is 0.0185. The van der Waals surface area contributed by atoms with Crippen molar-refractivity contribution in [1.82, 2.24) is 5.32 Å². The summed E-state index contributed by atoms with van der Waals surface area (Å²) < 4.78 is 6.63. The number of hydrogen-bond donors (Lipinski definition) is 1. The highest BCUT2D eigenvalue weighted by Gasteiger charge is 2.36. The second-order valence-corrected chi connectivity index (χ2v) is 16.3. The highest BCUT2D eigenvalue weighted by atomic mass is 32.2. The molecule has 0 fully saturated rings. The van der Waals surface area contributed by atoms with Crippen LogP contribution < -0.4 is 5.32 Å². The monoisotopic (exact) mass is 758 g/mol. The molecule has 0 radical (unpaired) electrons. The first-order valence-electron chi connectivity index (χ1n) is 19.7. The molecule has 4 heteroatoms. The number of thioether (sulfide) groups is 1. The van der Waals surface area contributed by atoms with Crippen LogP contribution in [0.3, 0.4) is 0 Å². The van der Waals surface area contributed by atoms with Crippen LogP contribution in [0.25, 0.3) is 82.6 Å². The Morgan fingerprint density at radius 2 is 1.03 bits per heavy atom. The van der Waals surface area contributed by atoms with E-state index >= 15 is 0 Å². The molecule has 2 aliphatic heterocycles. The third-order valence-corrected chi connectivity index (χ3v) is 12.9. The number of benzene rings is 9. The van der Waals surface area contributed by atoms with Crippen LogP contribution in [0.1, 0.15) is 22.7 Å². The Morgan fingerprint density at radius 3 is 1.84 bits per heavy atom. The zero-order valence-electron chi connectivity index (χ0n) is 31.3. The quantitative estimate of drug-likeness (QED) is 0.190. The summed E-state index contributed by atoms with van der Waals surface area (Å²) in [5, 5.41) is 11.0. The predicted octanol–water partition coefficient (Wildman–Crippen LogP) is 14.5. The lowest BCUT2D eigenvalue weighted by atomic mass is 9.94. The first-order valence-corrected chi connectivity index (χ1v) is 20.5. The van der Waals surface area contributed by atoms with Crippen LogP contribution in [0.2, 0.25) is 0 Å². The molecule has 0 aliphatic carbocycles. The van der Waals surface area contributed by atoms with Gasteiger partial charge in [-0.25, -0.2) is 4.99 Å². The molecule has 0 saturated carbocycles. The van der Waals surface area contributed by atoms with E-state index < -0.39 is 0 Å². The lowest BCUT2D eigenvalue weighted by molar-refractivity contribution is 0.669. The van der Waals surface area contributed by atoms with Gasteiger partial charge in [-0.3, -0.25) is 0 Å². The van der Waals surface area contributed by atoms with Gasteiger partial charge in [0.05, 0.1) is 11.7 Å². The van der Waals surface area contributed by atoms with Gasteiger partial charge in [-0.1, -0.05) is 163 Å². The van der Waals surface area contributed by atoms with Gasteiger partial charge in [-0.05, 0) is 103 Å². The molecular formula is C54H34N2OS. The molecule has 1 N–H and O–H groups in total. The van der Waals surface area contributed by atoms with Crippen molar-refractivity contribution < 1.29 is 4.42 Å². The predicted molar refractivity (Wildman–Crippen MR) is 243 cm³/mol. The molecule has 10 aromatic rings. The maximum Gasteiger partial charge on any atom is 0.136 e. The van der Waals surface area contributed by atoms with Crippen molar-refractivity contribution in [1.29, 1.82) is 0 Å². The molecule has 3 nitrogen and oxygen atoms in total. The number of fused-ring (bicyclic) bond motifs is 8. The van der Waals surface area contributed by atoms with Crippen molar-refractivity contribution >= 4 is 66.8 Å². The topological polar surface area (TPSA) is 37.5 Å². The van der Waals surface area contributed by atoms with Crippen LogP contribution in [-0.2, 0) is 0 Å². The minimum Gasteiger partial charge on any atom is -0.456 e. The standard InChI is InChI=1S/C54H34N2OS/c1-2-10-33(11-3-1)38-24-25-41-30-42(27-26-40(41)29-38)51-53-52(45-15-7-9-17-49(45)58-53)56-54(55-51)46-31-43(32-48-50(46)44-14-6-8-16-47(44)57-48)36-20-18-35(19-21-36)39-23-22-34-12-4-5-13-37(34)28-39/h1-32,52H,(H,55,56). The summed E-state index contributed by atoms with van der Waals surface area (Å²) in [6.45, 7) is 0. The Balaban J connectivity index is 1.01. The molecular weight excluding hydrogens is 725 g/mol. The minimum atomic E-state index is -0.0297. The molecule has 2 aliphatic rings. The van der Waals surface area contributed by atoms with Gasteiger partial charge in [0.15, 0.2) is 0 Å². The maximum absolute atomic E-state index is 6.63. The molecule has 272 valence electrons. The van der Waals surface area contributed by atoms with E-state index in [9.17, 15) is 0 Å². The smallest absolute Gasteiger partial charge is 0.136 e. The summed E-state index contributed by atoms with van der Waals surface area (Å²) in [5.41, 5.74) is 13.1. The lowest BCUT2D eigenvalue weighted by Gasteiger charge is -2.26. The van der Waals surface area contributed by atoms with Crippen LogP contribution in [0.15, 0.2) is 213 Å². The van der Waals surface area contributed by atoms with Gasteiger partial charge < -0.3 is 9.73 Å². The number of hydrogen-bond acceptors (Lipinski definition) is 4. The van der Waals surface area contributed by atoms with Crippen LogP contribution in [0.4, 0.5) is 0 Å². The van der Waals surface area contributed by atoms with Crippen LogP contribution in [-0.4, -0.2) is 5.84 Å². The van der Waals surface area contributed by atoms with E-state index in [1.54, 1.807) is 0 Å². The summed E-state index contributed by atoms with van der Waals surface area (Å²) in [7, 11) is 0. The van der Waals surface area contributed by atoms with Crippen LogP contribution in [0, 0.1) is 0 Å². The van der Waals surface area contributed by atoms with E-state index in [0.29, 0.717) is 0 Å². The maximum atomic E-state index is 6.63. The SMILES string of the molecule is c1ccc(-c2ccc3cc(C4=C5Sc6ccccc6C5NC(c5cc(-c6ccc(-c7ccc8ccccc8c7)cc6)cc6oc7ccccc7c56)=N4)ccc3c2)cc1. The molecule has 1 unspecified atom stereocenters. The zero-order valence-corrected chi connectivity index (χ0v) is 32.1. The second kappa shape index (κ2) is 13.2. The summed E-state index contributed by atoms with van der Waals surface area (Å²) in [6, 6.07) is 69.7. The van der Waals surface area contributed by atoms with Crippen molar-refractivity contribution in [3.05, 3.63) is 216 Å². The van der Waals surface area contributed by atoms with Crippen molar-refractivity contribution in [2.24, 2.45) is 4.99 Å². The highest BCUT2D eigenvalue weighted by Crippen LogP contribution is 2.52. The molecule has 1 atom stereocenters. The molecule has 12 rings (SSSR count). The van der Waals surface area contributed by atoms with Gasteiger partial charge in [0, 0.05) is 31.7 Å². The molecule has 0 bridgehead atoms. The number of para-hydroxylation sites is 1. The van der Waals surface area contributed by atoms with Gasteiger partial charge in [-0.15, -0.1) is 0 Å². The molecule has 58 heavy (non-hydrogen) atoms. The zero-order chi connectivity index (χ0) is 38.2. The molecule has 3 heterocycles. The number of rotatable bonds is 5. The third-order valence-electron chi connectivity index (χ3n) is 11.7. The van der Waals surface area contributed by atoms with Gasteiger partial charge in [0.1, 0.15) is 17.0 Å². The lowest BCUT2D eigenvalue weighted by Crippen LogP contribution is -2.32. The average Bonchev–Trinajstić information content (AvgIpc) is 3.87. The highest BCUT2D eigenvalue weighted by molar-refractivity contribution is 8.03. The first kappa shape index (κ1) is 33.0. The summed E-state index contributed by atoms with van der Waals surface area (Å²) in [4.78, 5) is 8.07. The van der Waals surface area contributed by atoms with Crippen LogP contribution in [0.5, 0.6) is 0 Å². The normalized spacial score (nSPS) is 14.8. The van der Waals surface area contributed by atoms with E-state index in [0.717, 1.165) is 55.7 Å². The van der Waals surface area contributed by atoms with Gasteiger partial charge >= 0.3 is 0 Å². The Bertz CT molecular complexity index is 3340. The molecule has 0 saturated heterocycles. The summed E-state index contributed by atoms with van der Waals surface area (Å²) in [5.74, 6) is 0.840. The number of amidine groups is 1.